The molecule has 346 valence electrons. The van der Waals surface area contributed by atoms with Crippen molar-refractivity contribution in [2.24, 2.45) is 5.10 Å². The van der Waals surface area contributed by atoms with Gasteiger partial charge in [0.1, 0.15) is 17.0 Å². The molecule has 0 unspecified atom stereocenters. The second-order valence-electron chi connectivity index (χ2n) is 17.3. The zero-order valence-electron chi connectivity index (χ0n) is 40.0. The lowest BCUT2D eigenvalue weighted by Crippen LogP contribution is -2.44. The summed E-state index contributed by atoms with van der Waals surface area (Å²) in [6.45, 7) is 12.1. The third-order valence-corrected chi connectivity index (χ3v) is 13.4. The molecule has 0 radical (unpaired) electrons. The second-order valence-corrected chi connectivity index (χ2v) is 17.3. The number of hydrazone groups is 1. The number of anilines is 5. The normalized spacial score (nSPS) is 13.4. The molecular formula is C61H55N7O2. The van der Waals surface area contributed by atoms with Gasteiger partial charge in [0.05, 0.1) is 6.21 Å². The lowest BCUT2D eigenvalue weighted by Gasteiger charge is -2.42. The Hall–Kier alpha value is -8.56. The molecule has 2 aliphatic heterocycles. The number of ether oxygens (including phenoxy) is 1. The Morgan fingerprint density at radius 3 is 1.33 bits per heavy atom. The van der Waals surface area contributed by atoms with Crippen molar-refractivity contribution in [1.29, 1.82) is 0 Å². The largest absolute Gasteiger partial charge is 0.456 e. The maximum absolute atomic E-state index is 14.9. The molecule has 1 amide bonds. The Bertz CT molecular complexity index is 3040. The van der Waals surface area contributed by atoms with Crippen LogP contribution in [0, 0.1) is 0 Å². The molecular weight excluding hydrogens is 863 g/mol. The van der Waals surface area contributed by atoms with Gasteiger partial charge in [-0.3, -0.25) is 14.8 Å². The van der Waals surface area contributed by atoms with Crippen LogP contribution in [0.3, 0.4) is 0 Å². The van der Waals surface area contributed by atoms with Crippen LogP contribution >= 0.6 is 0 Å². The Labute approximate surface area is 411 Å². The van der Waals surface area contributed by atoms with Gasteiger partial charge in [-0.05, 0) is 134 Å². The summed E-state index contributed by atoms with van der Waals surface area (Å²) in [6.07, 6.45) is 17.4. The van der Waals surface area contributed by atoms with Crippen molar-refractivity contribution < 1.29 is 9.53 Å². The van der Waals surface area contributed by atoms with Gasteiger partial charge in [-0.1, -0.05) is 91.0 Å². The Balaban J connectivity index is 1.02. The van der Waals surface area contributed by atoms with Gasteiger partial charge in [0, 0.05) is 114 Å². The van der Waals surface area contributed by atoms with Crippen LogP contribution in [-0.2, 0) is 5.54 Å². The maximum atomic E-state index is 14.9. The first-order valence-corrected chi connectivity index (χ1v) is 24.1. The molecule has 4 heterocycles. The molecule has 2 aliphatic rings. The van der Waals surface area contributed by atoms with Gasteiger partial charge in [-0.15, -0.1) is 0 Å². The number of amides is 1. The number of carbonyl (C=O) groups is 1. The fourth-order valence-corrected chi connectivity index (χ4v) is 9.73. The van der Waals surface area contributed by atoms with E-state index in [-0.39, 0.29) is 5.91 Å². The monoisotopic (exact) mass is 917 g/mol. The van der Waals surface area contributed by atoms with Crippen molar-refractivity contribution in [3.63, 3.8) is 0 Å². The van der Waals surface area contributed by atoms with Crippen LogP contribution in [0.5, 0.6) is 11.5 Å². The van der Waals surface area contributed by atoms with Crippen LogP contribution in [0.1, 0.15) is 82.6 Å². The van der Waals surface area contributed by atoms with Gasteiger partial charge in [0.15, 0.2) is 0 Å². The van der Waals surface area contributed by atoms with Gasteiger partial charge >= 0.3 is 0 Å². The summed E-state index contributed by atoms with van der Waals surface area (Å²) >= 11 is 0. The number of carbonyl (C=O) groups excluding carboxylic acids is 1. The average Bonchev–Trinajstić information content (AvgIpc) is 3.65. The van der Waals surface area contributed by atoms with E-state index in [0.717, 1.165) is 99.1 Å². The minimum absolute atomic E-state index is 0.174. The quantitative estimate of drug-likeness (QED) is 0.0948. The summed E-state index contributed by atoms with van der Waals surface area (Å²) in [6, 6.07) is 54.1. The standard InChI is InChI=1S/C61H55N7O2/c1-5-65(6-2)52-29-31-56-58(41-52)70-59-42-53(66(7-3)8-4)30-32-57(59)61(56)55-12-10-9-11-54(55)60(69)68(61)64-43-48-21-27-51(28-22-48)67(49-23-17-44(18-24-49)13-15-46-33-37-62-38-34-46)50-25-19-45(20-26-50)14-16-47-35-39-63-40-36-47/h9-43H,5-8H2,1-4H3/b15-13+,16-14+,64-43+. The molecule has 0 saturated carbocycles. The highest BCUT2D eigenvalue weighted by molar-refractivity contribution is 6.03. The summed E-state index contributed by atoms with van der Waals surface area (Å²) < 4.78 is 6.91. The smallest absolute Gasteiger partial charge is 0.275 e. The van der Waals surface area contributed by atoms with Crippen LogP contribution in [0.15, 0.2) is 188 Å². The van der Waals surface area contributed by atoms with Gasteiger partial charge in [0.25, 0.3) is 5.91 Å². The zero-order chi connectivity index (χ0) is 48.0. The van der Waals surface area contributed by atoms with E-state index < -0.39 is 5.54 Å². The van der Waals surface area contributed by atoms with Crippen LogP contribution in [-0.4, -0.2) is 53.3 Å². The molecule has 9 heteroatoms. The minimum atomic E-state index is -1.09. The number of benzene rings is 6. The van der Waals surface area contributed by atoms with Gasteiger partial charge in [-0.25, -0.2) is 5.01 Å². The molecule has 2 aromatic heterocycles. The fraction of sp³-hybridized carbons (Fsp3) is 0.148. The predicted octanol–water partition coefficient (Wildman–Crippen LogP) is 13.9. The minimum Gasteiger partial charge on any atom is -0.456 e. The van der Waals surface area contributed by atoms with Gasteiger partial charge in [0.2, 0.25) is 0 Å². The summed E-state index contributed by atoms with van der Waals surface area (Å²) in [5.74, 6) is 1.24. The Kier molecular flexibility index (Phi) is 12.9. The van der Waals surface area contributed by atoms with Crippen molar-refractivity contribution >= 4 is 64.9 Å². The highest BCUT2D eigenvalue weighted by Crippen LogP contribution is 2.58. The molecule has 0 N–H and O–H groups in total. The van der Waals surface area contributed by atoms with Crippen molar-refractivity contribution in [3.05, 3.63) is 233 Å². The maximum Gasteiger partial charge on any atom is 0.275 e. The highest BCUT2D eigenvalue weighted by Gasteiger charge is 2.57. The van der Waals surface area contributed by atoms with Gasteiger partial charge < -0.3 is 19.4 Å². The molecule has 0 saturated heterocycles. The van der Waals surface area contributed by atoms with Crippen LogP contribution < -0.4 is 19.4 Å². The molecule has 8 aromatic rings. The molecule has 0 bridgehead atoms. The van der Waals surface area contributed by atoms with Crippen molar-refractivity contribution in [2.75, 3.05) is 40.9 Å². The second kappa shape index (κ2) is 20.0. The Morgan fingerprint density at radius 2 is 0.886 bits per heavy atom. The van der Waals surface area contributed by atoms with E-state index in [9.17, 15) is 4.79 Å². The van der Waals surface area contributed by atoms with E-state index in [4.69, 9.17) is 9.84 Å². The first kappa shape index (κ1) is 45.2. The number of aromatic nitrogens is 2. The summed E-state index contributed by atoms with van der Waals surface area (Å²) in [5.41, 5.74) is 12.4. The fourth-order valence-electron chi connectivity index (χ4n) is 9.73. The van der Waals surface area contributed by atoms with Crippen molar-refractivity contribution in [2.45, 2.75) is 33.2 Å². The third-order valence-electron chi connectivity index (χ3n) is 13.4. The third kappa shape index (κ3) is 8.62. The van der Waals surface area contributed by atoms with E-state index in [1.807, 2.05) is 42.5 Å². The van der Waals surface area contributed by atoms with Crippen LogP contribution in [0.2, 0.25) is 0 Å². The van der Waals surface area contributed by atoms with E-state index in [1.54, 1.807) is 36.0 Å². The van der Waals surface area contributed by atoms with Crippen molar-refractivity contribution in [3.8, 4) is 11.5 Å². The number of pyridine rings is 2. The number of nitrogens with zero attached hydrogens (tertiary/aromatic N) is 7. The van der Waals surface area contributed by atoms with E-state index in [2.05, 4.69) is 192 Å². The van der Waals surface area contributed by atoms with E-state index >= 15 is 0 Å². The molecule has 70 heavy (non-hydrogen) atoms. The van der Waals surface area contributed by atoms with E-state index in [0.29, 0.717) is 17.1 Å². The molecule has 1 spiro atoms. The highest BCUT2D eigenvalue weighted by atomic mass is 16.5. The molecule has 6 aromatic carbocycles. The number of rotatable bonds is 15. The SMILES string of the molecule is CCN(CC)c1ccc2c(c1)Oc1cc(N(CC)CC)ccc1C21c2ccccc2C(=O)N1/N=C/c1ccc(N(c2ccc(/C=C/c3ccncc3)cc2)c2ccc(/C=C/c3ccncc3)cc2)cc1. The van der Waals surface area contributed by atoms with Gasteiger partial charge in [-0.2, -0.15) is 5.10 Å². The lowest BCUT2D eigenvalue weighted by atomic mass is 9.75. The zero-order valence-corrected chi connectivity index (χ0v) is 40.0. The number of hydrogen-bond donors (Lipinski definition) is 0. The summed E-state index contributed by atoms with van der Waals surface area (Å²) in [5, 5.41) is 6.86. The molecule has 10 rings (SSSR count). The molecule has 0 aliphatic carbocycles. The van der Waals surface area contributed by atoms with Crippen LogP contribution in [0.4, 0.5) is 28.4 Å². The lowest BCUT2D eigenvalue weighted by molar-refractivity contribution is 0.0675. The summed E-state index contributed by atoms with van der Waals surface area (Å²) in [4.78, 5) is 30.1. The number of fused-ring (bicyclic) bond motifs is 6. The first-order chi connectivity index (χ1) is 34.4. The average molecular weight is 918 g/mol. The topological polar surface area (TPSA) is 77.4 Å². The van der Waals surface area contributed by atoms with Crippen molar-refractivity contribution in [1.82, 2.24) is 15.0 Å². The Morgan fingerprint density at radius 1 is 0.486 bits per heavy atom. The molecule has 9 nitrogen and oxygen atoms in total. The predicted molar refractivity (Wildman–Crippen MR) is 288 cm³/mol. The molecule has 0 atom stereocenters. The van der Waals surface area contributed by atoms with Crippen LogP contribution in [0.25, 0.3) is 24.3 Å². The number of hydrogen-bond acceptors (Lipinski definition) is 8. The summed E-state index contributed by atoms with van der Waals surface area (Å²) in [7, 11) is 0. The molecule has 0 fully saturated rings. The first-order valence-electron chi connectivity index (χ1n) is 24.1. The van der Waals surface area contributed by atoms with E-state index in [1.165, 1.54) is 0 Å².